The Kier molecular flexibility index (Phi) is 4.11. The van der Waals surface area contributed by atoms with E-state index in [1.165, 1.54) is 6.07 Å². The van der Waals surface area contributed by atoms with Crippen LogP contribution in [-0.2, 0) is 10.0 Å². The van der Waals surface area contributed by atoms with Crippen molar-refractivity contribution in [3.05, 3.63) is 59.7 Å². The van der Waals surface area contributed by atoms with Crippen molar-refractivity contribution < 1.29 is 8.42 Å². The molecule has 0 radical (unpaired) electrons. The Morgan fingerprint density at radius 2 is 1.75 bits per heavy atom. The maximum atomic E-state index is 12.4. The average molecular weight is 290 g/mol. The first kappa shape index (κ1) is 14.6. The zero-order chi connectivity index (χ0) is 14.8. The highest BCUT2D eigenvalue weighted by Gasteiger charge is 2.20. The van der Waals surface area contributed by atoms with E-state index in [1.807, 2.05) is 37.3 Å². The lowest BCUT2D eigenvalue weighted by Gasteiger charge is -2.16. The first-order valence-corrected chi connectivity index (χ1v) is 7.82. The highest BCUT2D eigenvalue weighted by atomic mass is 32.2. The molecule has 2 aromatic carbocycles. The Bertz CT molecular complexity index is 697. The van der Waals surface area contributed by atoms with Gasteiger partial charge in [-0.15, -0.1) is 0 Å². The second-order valence-corrected chi connectivity index (χ2v) is 6.46. The summed E-state index contributed by atoms with van der Waals surface area (Å²) in [6, 6.07) is 14.0. The SMILES string of the molecule is Cc1ccc(N)cc1S(=O)(=O)NC(C)c1ccccc1. The minimum absolute atomic E-state index is 0.222. The lowest BCUT2D eigenvalue weighted by molar-refractivity contribution is 0.566. The molecule has 3 N–H and O–H groups in total. The Labute approximate surface area is 119 Å². The van der Waals surface area contributed by atoms with Gasteiger partial charge in [0.15, 0.2) is 0 Å². The number of anilines is 1. The van der Waals surface area contributed by atoms with Gasteiger partial charge in [0.05, 0.1) is 4.90 Å². The molecule has 106 valence electrons. The average Bonchev–Trinajstić information content (AvgIpc) is 2.42. The molecule has 2 aromatic rings. The van der Waals surface area contributed by atoms with Crippen LogP contribution in [0.4, 0.5) is 5.69 Å². The van der Waals surface area contributed by atoms with Gasteiger partial charge in [-0.25, -0.2) is 13.1 Å². The summed E-state index contributed by atoms with van der Waals surface area (Å²) >= 11 is 0. The highest BCUT2D eigenvalue weighted by molar-refractivity contribution is 7.89. The van der Waals surface area contributed by atoms with Crippen molar-refractivity contribution in [1.82, 2.24) is 4.72 Å². The maximum Gasteiger partial charge on any atom is 0.241 e. The van der Waals surface area contributed by atoms with E-state index in [-0.39, 0.29) is 10.9 Å². The molecular weight excluding hydrogens is 272 g/mol. The summed E-state index contributed by atoms with van der Waals surface area (Å²) in [6.07, 6.45) is 0. The van der Waals surface area contributed by atoms with Crippen molar-refractivity contribution >= 4 is 15.7 Å². The summed E-state index contributed by atoms with van der Waals surface area (Å²) in [5.41, 5.74) is 7.70. The lowest BCUT2D eigenvalue weighted by Crippen LogP contribution is -2.27. The molecule has 0 spiro atoms. The first-order valence-electron chi connectivity index (χ1n) is 6.33. The van der Waals surface area contributed by atoms with Crippen molar-refractivity contribution in [2.24, 2.45) is 0 Å². The topological polar surface area (TPSA) is 72.2 Å². The molecule has 1 unspecified atom stereocenters. The van der Waals surface area contributed by atoms with Gasteiger partial charge in [-0.05, 0) is 37.1 Å². The zero-order valence-corrected chi connectivity index (χ0v) is 12.3. The molecule has 0 aromatic heterocycles. The normalized spacial score (nSPS) is 13.1. The third-order valence-corrected chi connectivity index (χ3v) is 4.82. The van der Waals surface area contributed by atoms with Gasteiger partial charge >= 0.3 is 0 Å². The summed E-state index contributed by atoms with van der Waals surface area (Å²) in [7, 11) is -3.59. The molecule has 1 atom stereocenters. The van der Waals surface area contributed by atoms with Crippen molar-refractivity contribution in [2.75, 3.05) is 5.73 Å². The van der Waals surface area contributed by atoms with Crippen LogP contribution >= 0.6 is 0 Å². The third kappa shape index (κ3) is 3.18. The van der Waals surface area contributed by atoms with E-state index in [1.54, 1.807) is 19.1 Å². The Balaban J connectivity index is 2.30. The fraction of sp³-hybridized carbons (Fsp3) is 0.200. The van der Waals surface area contributed by atoms with E-state index in [0.29, 0.717) is 11.3 Å². The lowest BCUT2D eigenvalue weighted by atomic mass is 10.1. The number of sulfonamides is 1. The summed E-state index contributed by atoms with van der Waals surface area (Å²) < 4.78 is 27.5. The number of nitrogens with one attached hydrogen (secondary N) is 1. The highest BCUT2D eigenvalue weighted by Crippen LogP contribution is 2.21. The fourth-order valence-electron chi connectivity index (χ4n) is 2.01. The van der Waals surface area contributed by atoms with Crippen LogP contribution in [0.2, 0.25) is 0 Å². The third-order valence-electron chi connectivity index (χ3n) is 3.13. The summed E-state index contributed by atoms with van der Waals surface area (Å²) in [6.45, 7) is 3.57. The second-order valence-electron chi connectivity index (χ2n) is 4.78. The van der Waals surface area contributed by atoms with Gasteiger partial charge < -0.3 is 5.73 Å². The Morgan fingerprint density at radius 3 is 2.40 bits per heavy atom. The van der Waals surface area contributed by atoms with Gasteiger partial charge in [-0.1, -0.05) is 36.4 Å². The van der Waals surface area contributed by atoms with Gasteiger partial charge in [0.2, 0.25) is 10.0 Å². The molecule has 2 rings (SSSR count). The largest absolute Gasteiger partial charge is 0.399 e. The van der Waals surface area contributed by atoms with Crippen molar-refractivity contribution in [3.8, 4) is 0 Å². The molecule has 0 fully saturated rings. The summed E-state index contributed by atoms with van der Waals surface area (Å²) in [5.74, 6) is 0. The van der Waals surface area contributed by atoms with E-state index in [9.17, 15) is 8.42 Å². The maximum absolute atomic E-state index is 12.4. The minimum Gasteiger partial charge on any atom is -0.399 e. The molecule has 0 bridgehead atoms. The quantitative estimate of drug-likeness (QED) is 0.850. The molecule has 0 aliphatic rings. The monoisotopic (exact) mass is 290 g/mol. The minimum atomic E-state index is -3.59. The first-order chi connectivity index (χ1) is 9.40. The number of hydrogen-bond acceptors (Lipinski definition) is 3. The van der Waals surface area contributed by atoms with Crippen molar-refractivity contribution in [3.63, 3.8) is 0 Å². The Hall–Kier alpha value is -1.85. The predicted octanol–water partition coefficient (Wildman–Crippen LogP) is 2.62. The molecule has 20 heavy (non-hydrogen) atoms. The van der Waals surface area contributed by atoms with Crippen LogP contribution < -0.4 is 10.5 Å². The van der Waals surface area contributed by atoms with Crippen LogP contribution in [0.3, 0.4) is 0 Å². The number of nitrogens with two attached hydrogens (primary N) is 1. The van der Waals surface area contributed by atoms with Gasteiger partial charge in [-0.2, -0.15) is 0 Å². The van der Waals surface area contributed by atoms with Crippen LogP contribution in [-0.4, -0.2) is 8.42 Å². The summed E-state index contributed by atoms with van der Waals surface area (Å²) in [4.78, 5) is 0.222. The smallest absolute Gasteiger partial charge is 0.241 e. The molecule has 0 amide bonds. The molecule has 4 nitrogen and oxygen atoms in total. The molecule has 0 saturated carbocycles. The number of benzene rings is 2. The van der Waals surface area contributed by atoms with Crippen LogP contribution in [0.25, 0.3) is 0 Å². The number of aryl methyl sites for hydroxylation is 1. The van der Waals surface area contributed by atoms with Crippen molar-refractivity contribution in [1.29, 1.82) is 0 Å². The molecule has 5 heteroatoms. The van der Waals surface area contributed by atoms with E-state index >= 15 is 0 Å². The Morgan fingerprint density at radius 1 is 1.10 bits per heavy atom. The van der Waals surface area contributed by atoms with Crippen LogP contribution in [0.15, 0.2) is 53.4 Å². The molecular formula is C15H18N2O2S. The van der Waals surface area contributed by atoms with Crippen molar-refractivity contribution in [2.45, 2.75) is 24.8 Å². The van der Waals surface area contributed by atoms with Crippen LogP contribution in [0, 0.1) is 6.92 Å². The van der Waals surface area contributed by atoms with E-state index in [4.69, 9.17) is 5.73 Å². The van der Waals surface area contributed by atoms with E-state index in [0.717, 1.165) is 5.56 Å². The fourth-order valence-corrected chi connectivity index (χ4v) is 3.52. The molecule has 0 saturated heterocycles. The number of nitrogen functional groups attached to an aromatic ring is 1. The molecule has 0 heterocycles. The summed E-state index contributed by atoms with van der Waals surface area (Å²) in [5, 5.41) is 0. The van der Waals surface area contributed by atoms with E-state index in [2.05, 4.69) is 4.72 Å². The number of hydrogen-bond donors (Lipinski definition) is 2. The van der Waals surface area contributed by atoms with Gasteiger partial charge in [0.25, 0.3) is 0 Å². The van der Waals surface area contributed by atoms with Gasteiger partial charge in [0.1, 0.15) is 0 Å². The van der Waals surface area contributed by atoms with Gasteiger partial charge in [-0.3, -0.25) is 0 Å². The number of rotatable bonds is 4. The standard InChI is InChI=1S/C15H18N2O2S/c1-11-8-9-14(16)10-15(11)20(18,19)17-12(2)13-6-4-3-5-7-13/h3-10,12,17H,16H2,1-2H3. The molecule has 0 aliphatic heterocycles. The van der Waals surface area contributed by atoms with Crippen LogP contribution in [0.1, 0.15) is 24.1 Å². The van der Waals surface area contributed by atoms with E-state index < -0.39 is 10.0 Å². The van der Waals surface area contributed by atoms with Gasteiger partial charge in [0, 0.05) is 11.7 Å². The zero-order valence-electron chi connectivity index (χ0n) is 11.5. The van der Waals surface area contributed by atoms with Crippen LogP contribution in [0.5, 0.6) is 0 Å². The predicted molar refractivity (Wildman–Crippen MR) is 80.8 cm³/mol. The second kappa shape index (κ2) is 5.64. The molecule has 0 aliphatic carbocycles.